The van der Waals surface area contributed by atoms with Crippen LogP contribution < -0.4 is 11.1 Å². The van der Waals surface area contributed by atoms with Crippen LogP contribution in [0.25, 0.3) is 0 Å². The Morgan fingerprint density at radius 3 is 3.00 bits per heavy atom. The molecule has 0 atom stereocenters. The molecule has 1 saturated heterocycles. The van der Waals surface area contributed by atoms with E-state index in [1.807, 2.05) is 30.0 Å². The molecule has 0 radical (unpaired) electrons. The molecule has 1 fully saturated rings. The van der Waals surface area contributed by atoms with Gasteiger partial charge in [0, 0.05) is 36.7 Å². The number of rotatable bonds is 2. The number of fused-ring (bicyclic) bond motifs is 1. The number of thioether (sulfide) groups is 1. The molecule has 1 amide bonds. The van der Waals surface area contributed by atoms with Gasteiger partial charge in [-0.1, -0.05) is 12.1 Å². The van der Waals surface area contributed by atoms with E-state index >= 15 is 0 Å². The third-order valence-corrected chi connectivity index (χ3v) is 4.80. The predicted octanol–water partition coefficient (Wildman–Crippen LogP) is 0.836. The molecule has 1 aromatic rings. The van der Waals surface area contributed by atoms with Crippen molar-refractivity contribution in [3.8, 4) is 0 Å². The first-order valence-electron chi connectivity index (χ1n) is 7.26. The quantitative estimate of drug-likeness (QED) is 0.627. The molecule has 112 valence electrons. The number of nitrogens with one attached hydrogen (secondary N) is 1. The van der Waals surface area contributed by atoms with Gasteiger partial charge in [0.25, 0.3) is 5.91 Å². The van der Waals surface area contributed by atoms with Crippen LogP contribution in [0.4, 0.5) is 0 Å². The van der Waals surface area contributed by atoms with Gasteiger partial charge in [0.1, 0.15) is 0 Å². The fraction of sp³-hybridized carbons (Fsp3) is 0.467. The minimum Gasteiger partial charge on any atom is -0.370 e. The summed E-state index contributed by atoms with van der Waals surface area (Å²) in [4.78, 5) is 18.4. The zero-order valence-corrected chi connectivity index (χ0v) is 12.8. The SMILES string of the molecule is NC(=NCc1ccc2c(c1)C(=O)NCC2)N1CCSCC1. The Hall–Kier alpha value is -1.69. The molecule has 0 spiro atoms. The zero-order chi connectivity index (χ0) is 14.7. The Morgan fingerprint density at radius 1 is 1.38 bits per heavy atom. The fourth-order valence-corrected chi connectivity index (χ4v) is 3.53. The Balaban J connectivity index is 1.70. The standard InChI is InChI=1S/C15H20N4OS/c16-15(19-5-7-21-8-6-19)18-10-11-1-2-12-3-4-17-14(20)13(12)9-11/h1-2,9H,3-8,10H2,(H2,16,18)(H,17,20). The van der Waals surface area contributed by atoms with Gasteiger partial charge in [0.2, 0.25) is 0 Å². The van der Waals surface area contributed by atoms with Crippen molar-refractivity contribution in [2.75, 3.05) is 31.1 Å². The van der Waals surface area contributed by atoms with E-state index in [2.05, 4.69) is 15.2 Å². The number of hydrogen-bond acceptors (Lipinski definition) is 3. The van der Waals surface area contributed by atoms with Crippen LogP contribution in [0.3, 0.4) is 0 Å². The molecule has 2 heterocycles. The molecule has 1 aromatic carbocycles. The fourth-order valence-electron chi connectivity index (χ4n) is 2.62. The van der Waals surface area contributed by atoms with Gasteiger partial charge in [-0.3, -0.25) is 4.79 Å². The van der Waals surface area contributed by atoms with Crippen molar-refractivity contribution in [2.45, 2.75) is 13.0 Å². The lowest BCUT2D eigenvalue weighted by molar-refractivity contribution is 0.0946. The summed E-state index contributed by atoms with van der Waals surface area (Å²) in [6.07, 6.45) is 0.901. The maximum absolute atomic E-state index is 11.8. The molecule has 0 aliphatic carbocycles. The van der Waals surface area contributed by atoms with Crippen molar-refractivity contribution in [1.82, 2.24) is 10.2 Å². The summed E-state index contributed by atoms with van der Waals surface area (Å²) in [6, 6.07) is 6.01. The topological polar surface area (TPSA) is 70.7 Å². The number of amides is 1. The Labute approximate surface area is 129 Å². The van der Waals surface area contributed by atoms with Gasteiger partial charge in [-0.2, -0.15) is 11.8 Å². The van der Waals surface area contributed by atoms with E-state index in [9.17, 15) is 4.79 Å². The highest BCUT2D eigenvalue weighted by Crippen LogP contribution is 2.17. The van der Waals surface area contributed by atoms with E-state index in [1.165, 1.54) is 0 Å². The van der Waals surface area contributed by atoms with Gasteiger partial charge in [0.05, 0.1) is 6.54 Å². The molecule has 21 heavy (non-hydrogen) atoms. The smallest absolute Gasteiger partial charge is 0.251 e. The molecule has 0 saturated carbocycles. The van der Waals surface area contributed by atoms with E-state index in [0.29, 0.717) is 12.5 Å². The average Bonchev–Trinajstić information content (AvgIpc) is 2.54. The molecule has 3 N–H and O–H groups in total. The second kappa shape index (κ2) is 6.39. The molecule has 0 bridgehead atoms. The average molecular weight is 304 g/mol. The number of carbonyl (C=O) groups excluding carboxylic acids is 1. The van der Waals surface area contributed by atoms with Crippen LogP contribution in [0.1, 0.15) is 21.5 Å². The molecular weight excluding hydrogens is 284 g/mol. The van der Waals surface area contributed by atoms with Crippen molar-refractivity contribution in [1.29, 1.82) is 0 Å². The Bertz CT molecular complexity index is 567. The minimum absolute atomic E-state index is 0.0168. The van der Waals surface area contributed by atoms with Crippen LogP contribution in [-0.2, 0) is 13.0 Å². The number of carbonyl (C=O) groups is 1. The van der Waals surface area contributed by atoms with Crippen molar-refractivity contribution in [3.63, 3.8) is 0 Å². The number of nitrogens with two attached hydrogens (primary N) is 1. The van der Waals surface area contributed by atoms with Crippen molar-refractivity contribution in [3.05, 3.63) is 34.9 Å². The van der Waals surface area contributed by atoms with Crippen LogP contribution in [0.2, 0.25) is 0 Å². The maximum Gasteiger partial charge on any atom is 0.251 e. The number of hydrogen-bond donors (Lipinski definition) is 2. The van der Waals surface area contributed by atoms with E-state index < -0.39 is 0 Å². The van der Waals surface area contributed by atoms with Gasteiger partial charge in [-0.05, 0) is 23.6 Å². The first-order chi connectivity index (χ1) is 10.2. The molecule has 0 aromatic heterocycles. The van der Waals surface area contributed by atoms with E-state index in [0.717, 1.165) is 54.3 Å². The molecule has 6 heteroatoms. The van der Waals surface area contributed by atoms with Crippen LogP contribution in [0.15, 0.2) is 23.2 Å². The number of benzene rings is 1. The number of aliphatic imine (C=N–C) groups is 1. The lowest BCUT2D eigenvalue weighted by Gasteiger charge is -2.27. The maximum atomic E-state index is 11.8. The summed E-state index contributed by atoms with van der Waals surface area (Å²) in [6.45, 7) is 3.18. The lowest BCUT2D eigenvalue weighted by Crippen LogP contribution is -2.42. The summed E-state index contributed by atoms with van der Waals surface area (Å²) in [5, 5.41) is 2.87. The highest BCUT2D eigenvalue weighted by Gasteiger charge is 2.16. The molecule has 3 rings (SSSR count). The lowest BCUT2D eigenvalue weighted by atomic mass is 9.98. The van der Waals surface area contributed by atoms with Crippen LogP contribution >= 0.6 is 11.8 Å². The summed E-state index contributed by atoms with van der Waals surface area (Å²) in [5.41, 5.74) is 8.97. The number of nitrogens with zero attached hydrogens (tertiary/aromatic N) is 2. The zero-order valence-electron chi connectivity index (χ0n) is 12.0. The minimum atomic E-state index is 0.0168. The highest BCUT2D eigenvalue weighted by molar-refractivity contribution is 7.99. The van der Waals surface area contributed by atoms with Gasteiger partial charge in [-0.25, -0.2) is 4.99 Å². The first kappa shape index (κ1) is 14.3. The highest BCUT2D eigenvalue weighted by atomic mass is 32.2. The molecule has 2 aliphatic rings. The first-order valence-corrected chi connectivity index (χ1v) is 8.42. The summed E-state index contributed by atoms with van der Waals surface area (Å²) >= 11 is 1.95. The molecule has 0 unspecified atom stereocenters. The van der Waals surface area contributed by atoms with E-state index in [1.54, 1.807) is 0 Å². The van der Waals surface area contributed by atoms with Crippen LogP contribution in [0.5, 0.6) is 0 Å². The van der Waals surface area contributed by atoms with E-state index in [-0.39, 0.29) is 5.91 Å². The van der Waals surface area contributed by atoms with Gasteiger partial charge < -0.3 is 16.0 Å². The van der Waals surface area contributed by atoms with Crippen LogP contribution in [0, 0.1) is 0 Å². The summed E-state index contributed by atoms with van der Waals surface area (Å²) in [7, 11) is 0. The van der Waals surface area contributed by atoms with Gasteiger partial charge in [-0.15, -0.1) is 0 Å². The largest absolute Gasteiger partial charge is 0.370 e. The third kappa shape index (κ3) is 3.32. The second-order valence-corrected chi connectivity index (χ2v) is 6.50. The predicted molar refractivity (Wildman–Crippen MR) is 86.7 cm³/mol. The Morgan fingerprint density at radius 2 is 2.19 bits per heavy atom. The molecule has 2 aliphatic heterocycles. The normalized spacial score (nSPS) is 19.1. The van der Waals surface area contributed by atoms with Crippen LogP contribution in [-0.4, -0.2) is 47.9 Å². The van der Waals surface area contributed by atoms with Crippen molar-refractivity contribution >= 4 is 23.6 Å². The van der Waals surface area contributed by atoms with Crippen molar-refractivity contribution in [2.24, 2.45) is 10.7 Å². The Kier molecular flexibility index (Phi) is 4.34. The summed E-state index contributed by atoms with van der Waals surface area (Å²) < 4.78 is 0. The van der Waals surface area contributed by atoms with E-state index in [4.69, 9.17) is 5.73 Å². The third-order valence-electron chi connectivity index (χ3n) is 3.86. The van der Waals surface area contributed by atoms with Gasteiger partial charge >= 0.3 is 0 Å². The molecule has 5 nitrogen and oxygen atoms in total. The molecular formula is C15H20N4OS. The van der Waals surface area contributed by atoms with Crippen molar-refractivity contribution < 1.29 is 4.79 Å². The second-order valence-electron chi connectivity index (χ2n) is 5.27. The van der Waals surface area contributed by atoms with Gasteiger partial charge in [0.15, 0.2) is 5.96 Å². The number of guanidine groups is 1. The summed E-state index contributed by atoms with van der Waals surface area (Å²) in [5.74, 6) is 2.84. The monoisotopic (exact) mass is 304 g/mol.